The number of nitrogens with one attached hydrogen (secondary N) is 1. The van der Waals surface area contributed by atoms with Crippen molar-refractivity contribution >= 4 is 29.4 Å². The van der Waals surface area contributed by atoms with E-state index in [-0.39, 0.29) is 40.6 Å². The second-order valence-corrected chi connectivity index (χ2v) is 12.5. The van der Waals surface area contributed by atoms with E-state index in [2.05, 4.69) is 32.2 Å². The van der Waals surface area contributed by atoms with E-state index in [1.54, 1.807) is 11.0 Å². The molecule has 1 aliphatic heterocycles. The number of anilines is 1. The molecule has 0 saturated heterocycles. The Labute approximate surface area is 234 Å². The third kappa shape index (κ3) is 6.36. The predicted molar refractivity (Wildman–Crippen MR) is 156 cm³/mol. The van der Waals surface area contributed by atoms with Gasteiger partial charge in [0.15, 0.2) is 0 Å². The van der Waals surface area contributed by atoms with Crippen LogP contribution in [0.1, 0.15) is 54.0 Å². The van der Waals surface area contributed by atoms with Crippen molar-refractivity contribution in [2.24, 2.45) is 0 Å². The molecule has 39 heavy (non-hydrogen) atoms. The fourth-order valence-corrected chi connectivity index (χ4v) is 6.02. The number of thioether (sulfide) groups is 1. The SMILES string of the molecule is Cc1ccc(-n2nc(C(C)(C)C)c3c2N(CC(=O)NCCN(C)C)C(=O)CS[C@H]3c2cccc(F)c2)c(C)c1. The molecule has 9 heteroatoms. The average molecular weight is 552 g/mol. The molecule has 2 aromatic carbocycles. The smallest absolute Gasteiger partial charge is 0.240 e. The Morgan fingerprint density at radius 1 is 1.18 bits per heavy atom. The summed E-state index contributed by atoms with van der Waals surface area (Å²) in [4.78, 5) is 30.4. The van der Waals surface area contributed by atoms with E-state index in [0.29, 0.717) is 18.9 Å². The number of carbonyl (C=O) groups is 2. The van der Waals surface area contributed by atoms with Crippen LogP contribution in [-0.4, -0.2) is 66.0 Å². The number of carbonyl (C=O) groups excluding carboxylic acids is 2. The Hall–Kier alpha value is -3.17. The van der Waals surface area contributed by atoms with E-state index in [4.69, 9.17) is 5.10 Å². The van der Waals surface area contributed by atoms with Gasteiger partial charge in [-0.1, -0.05) is 50.6 Å². The average Bonchev–Trinajstić information content (AvgIpc) is 3.16. The third-order valence-corrected chi connectivity index (χ3v) is 7.97. The molecule has 0 fully saturated rings. The number of amides is 2. The van der Waals surface area contributed by atoms with Crippen LogP contribution in [0.15, 0.2) is 42.5 Å². The highest BCUT2D eigenvalue weighted by atomic mass is 32.2. The maximum Gasteiger partial charge on any atom is 0.240 e. The lowest BCUT2D eigenvalue weighted by Crippen LogP contribution is -2.43. The van der Waals surface area contributed by atoms with E-state index in [1.165, 1.54) is 23.9 Å². The van der Waals surface area contributed by atoms with Crippen LogP contribution in [0.3, 0.4) is 0 Å². The van der Waals surface area contributed by atoms with Gasteiger partial charge in [0.25, 0.3) is 0 Å². The fourth-order valence-electron chi connectivity index (χ4n) is 4.84. The highest BCUT2D eigenvalue weighted by Gasteiger charge is 2.40. The first-order valence-corrected chi connectivity index (χ1v) is 14.2. The minimum atomic E-state index is -0.382. The number of aromatic nitrogens is 2. The Morgan fingerprint density at radius 2 is 1.92 bits per heavy atom. The summed E-state index contributed by atoms with van der Waals surface area (Å²) in [5, 5.41) is 7.72. The summed E-state index contributed by atoms with van der Waals surface area (Å²) in [6.45, 7) is 11.3. The van der Waals surface area contributed by atoms with E-state index in [9.17, 15) is 14.0 Å². The summed E-state index contributed by atoms with van der Waals surface area (Å²) in [6, 6.07) is 12.6. The van der Waals surface area contributed by atoms with E-state index in [0.717, 1.165) is 33.6 Å². The molecule has 7 nitrogen and oxygen atoms in total. The zero-order valence-corrected chi connectivity index (χ0v) is 24.7. The van der Waals surface area contributed by atoms with Gasteiger partial charge >= 0.3 is 0 Å². The molecular formula is C30H38FN5O2S. The lowest BCUT2D eigenvalue weighted by molar-refractivity contribution is -0.122. The molecule has 0 saturated carbocycles. The molecule has 0 spiro atoms. The number of halogens is 1. The number of benzene rings is 2. The number of aryl methyl sites for hydroxylation is 2. The zero-order valence-electron chi connectivity index (χ0n) is 23.8. The van der Waals surface area contributed by atoms with Crippen molar-refractivity contribution in [3.63, 3.8) is 0 Å². The number of hydrogen-bond donors (Lipinski definition) is 1. The summed E-state index contributed by atoms with van der Waals surface area (Å²) in [7, 11) is 3.88. The van der Waals surface area contributed by atoms with E-state index >= 15 is 0 Å². The second kappa shape index (κ2) is 11.5. The highest BCUT2D eigenvalue weighted by Crippen LogP contribution is 2.48. The maximum atomic E-state index is 14.4. The number of hydrogen-bond acceptors (Lipinski definition) is 5. The summed E-state index contributed by atoms with van der Waals surface area (Å²) in [6.07, 6.45) is 0. The van der Waals surface area contributed by atoms with Gasteiger partial charge in [0, 0.05) is 24.1 Å². The summed E-state index contributed by atoms with van der Waals surface area (Å²) < 4.78 is 16.2. The summed E-state index contributed by atoms with van der Waals surface area (Å²) >= 11 is 1.45. The Kier molecular flexibility index (Phi) is 8.51. The number of likely N-dealkylation sites (N-methyl/N-ethyl adjacent to an activating group) is 1. The molecule has 2 heterocycles. The van der Waals surface area contributed by atoms with Crippen molar-refractivity contribution < 1.29 is 14.0 Å². The highest BCUT2D eigenvalue weighted by molar-refractivity contribution is 8.00. The third-order valence-electron chi connectivity index (χ3n) is 6.71. The van der Waals surface area contributed by atoms with E-state index in [1.807, 2.05) is 55.7 Å². The molecule has 1 atom stereocenters. The zero-order chi connectivity index (χ0) is 28.5. The monoisotopic (exact) mass is 551 g/mol. The molecule has 0 bridgehead atoms. The van der Waals surface area contributed by atoms with Crippen LogP contribution in [0.5, 0.6) is 0 Å². The summed E-state index contributed by atoms with van der Waals surface area (Å²) in [5.74, 6) is -0.0391. The van der Waals surface area contributed by atoms with Gasteiger partial charge in [-0.25, -0.2) is 9.07 Å². The van der Waals surface area contributed by atoms with Gasteiger partial charge < -0.3 is 10.2 Å². The molecule has 0 radical (unpaired) electrons. The number of fused-ring (bicyclic) bond motifs is 1. The van der Waals surface area contributed by atoms with Gasteiger partial charge in [0.2, 0.25) is 11.8 Å². The molecule has 1 aliphatic rings. The standard InChI is InChI=1S/C30H38FN5O2S/c1-19-11-12-23(20(2)15-19)36-29-26(28(33-36)30(3,4)5)27(21-9-8-10-22(31)16-21)39-18-25(38)35(29)17-24(37)32-13-14-34(6)7/h8-12,15-16,27H,13-14,17-18H2,1-7H3,(H,32,37)/t27-/m0/s1. The van der Waals surface area contributed by atoms with E-state index < -0.39 is 0 Å². The van der Waals surface area contributed by atoms with Crippen molar-refractivity contribution in [1.82, 2.24) is 20.0 Å². The Bertz CT molecular complexity index is 1380. The lowest BCUT2D eigenvalue weighted by Gasteiger charge is -2.25. The Morgan fingerprint density at radius 3 is 2.56 bits per heavy atom. The van der Waals surface area contributed by atoms with Gasteiger partial charge in [-0.05, 0) is 57.3 Å². The van der Waals surface area contributed by atoms with Crippen LogP contribution in [0.25, 0.3) is 5.69 Å². The van der Waals surface area contributed by atoms with Gasteiger partial charge in [-0.3, -0.25) is 14.5 Å². The van der Waals surface area contributed by atoms with Crippen molar-refractivity contribution in [1.29, 1.82) is 0 Å². The van der Waals surface area contributed by atoms with Gasteiger partial charge in [-0.15, -0.1) is 11.8 Å². The number of rotatable bonds is 7. The van der Waals surface area contributed by atoms with Gasteiger partial charge in [0.05, 0.1) is 22.4 Å². The van der Waals surface area contributed by atoms with Crippen molar-refractivity contribution in [2.75, 3.05) is 44.4 Å². The predicted octanol–water partition coefficient (Wildman–Crippen LogP) is 4.77. The first kappa shape index (κ1) is 28.8. The topological polar surface area (TPSA) is 70.5 Å². The molecule has 0 unspecified atom stereocenters. The van der Waals surface area contributed by atoms with Crippen LogP contribution in [0, 0.1) is 19.7 Å². The quantitative estimate of drug-likeness (QED) is 0.458. The molecule has 0 aliphatic carbocycles. The second-order valence-electron chi connectivity index (χ2n) is 11.4. The van der Waals surface area contributed by atoms with Gasteiger partial charge in [0.1, 0.15) is 18.2 Å². The minimum Gasteiger partial charge on any atom is -0.353 e. The minimum absolute atomic E-state index is 0.129. The van der Waals surface area contributed by atoms with Crippen LogP contribution in [-0.2, 0) is 15.0 Å². The Balaban J connectivity index is 1.95. The molecular weight excluding hydrogens is 513 g/mol. The first-order valence-electron chi connectivity index (χ1n) is 13.2. The molecule has 4 rings (SSSR count). The molecule has 3 aromatic rings. The summed E-state index contributed by atoms with van der Waals surface area (Å²) in [5.41, 5.74) is 4.99. The maximum absolute atomic E-state index is 14.4. The first-order chi connectivity index (χ1) is 18.4. The van der Waals surface area contributed by atoms with Crippen molar-refractivity contribution in [2.45, 2.75) is 45.3 Å². The molecule has 1 aromatic heterocycles. The molecule has 1 N–H and O–H groups in total. The normalized spacial score (nSPS) is 15.9. The van der Waals surface area contributed by atoms with Crippen LogP contribution in [0.2, 0.25) is 0 Å². The fraction of sp³-hybridized carbons (Fsp3) is 0.433. The van der Waals surface area contributed by atoms with Gasteiger partial charge in [-0.2, -0.15) is 5.10 Å². The van der Waals surface area contributed by atoms with Crippen LogP contribution < -0.4 is 10.2 Å². The molecule has 2 amide bonds. The largest absolute Gasteiger partial charge is 0.353 e. The van der Waals surface area contributed by atoms with Crippen LogP contribution >= 0.6 is 11.8 Å². The van der Waals surface area contributed by atoms with Crippen molar-refractivity contribution in [3.05, 3.63) is 76.2 Å². The van der Waals surface area contributed by atoms with Crippen LogP contribution in [0.4, 0.5) is 10.2 Å². The number of nitrogens with zero attached hydrogens (tertiary/aromatic N) is 4. The molecule has 208 valence electrons. The van der Waals surface area contributed by atoms with Crippen molar-refractivity contribution in [3.8, 4) is 5.69 Å². The lowest BCUT2D eigenvalue weighted by atomic mass is 9.87.